The van der Waals surface area contributed by atoms with E-state index in [1.807, 2.05) is 6.07 Å². The molecule has 2 atom stereocenters. The number of fused-ring (bicyclic) bond motifs is 1. The molecule has 0 saturated carbocycles. The third kappa shape index (κ3) is 13.2. The number of amides is 7. The number of carbonyl (C=O) groups excluding carboxylic acids is 6. The second-order valence-corrected chi connectivity index (χ2v) is 14.0. The maximum absolute atomic E-state index is 14.0. The molecule has 0 unspecified atom stereocenters. The third-order valence-corrected chi connectivity index (χ3v) is 9.70. The standard InChI is InChI=1S/C42H49N7O11/c1-3-57-42(56)49-20-17-29(18-21-49)36(48-41(55)59-24-27-8-5-4-6-9-27)38(52)47-33(10-7-19-44-39(43)53)37(51)45-30-13-11-28(12-14-30)25-58-40(54)46-31-15-16-32-26(2)22-35(50)60-34(32)23-31/h4-6,8-9,11-16,22-23,29,33,36H,3,7,10,17-21,24-25H2,1-2H3,(H,45,51)(H,46,54)(H,47,52)(H,48,55)(H3,43,44,53)/t33-,36-/m0/s1. The van der Waals surface area contributed by atoms with Crippen molar-refractivity contribution in [3.05, 3.63) is 106 Å². The Morgan fingerprint density at radius 1 is 0.800 bits per heavy atom. The summed E-state index contributed by atoms with van der Waals surface area (Å²) in [5.41, 5.74) is 7.87. The number of benzene rings is 3. The predicted molar refractivity (Wildman–Crippen MR) is 220 cm³/mol. The highest BCUT2D eigenvalue weighted by molar-refractivity contribution is 5.98. The number of nitrogens with zero attached hydrogens (tertiary/aromatic N) is 1. The largest absolute Gasteiger partial charge is 0.450 e. The first-order chi connectivity index (χ1) is 28.9. The van der Waals surface area contributed by atoms with Gasteiger partial charge in [-0.25, -0.2) is 24.0 Å². The number of ether oxygens (including phenoxy) is 3. The number of primary amides is 1. The third-order valence-electron chi connectivity index (χ3n) is 9.70. The van der Waals surface area contributed by atoms with Crippen molar-refractivity contribution in [1.82, 2.24) is 20.9 Å². The van der Waals surface area contributed by atoms with Gasteiger partial charge in [0.1, 0.15) is 30.9 Å². The minimum Gasteiger partial charge on any atom is -0.450 e. The summed E-state index contributed by atoms with van der Waals surface area (Å²) in [6.07, 6.45) is -0.974. The Bertz CT molecular complexity index is 2190. The Morgan fingerprint density at radius 3 is 2.15 bits per heavy atom. The average molecular weight is 828 g/mol. The number of urea groups is 1. The number of piperidine rings is 1. The first-order valence-corrected chi connectivity index (χ1v) is 19.5. The minimum absolute atomic E-state index is 0.0364. The van der Waals surface area contributed by atoms with Crippen LogP contribution >= 0.6 is 0 Å². The van der Waals surface area contributed by atoms with Crippen molar-refractivity contribution in [2.75, 3.05) is 36.9 Å². The van der Waals surface area contributed by atoms with Gasteiger partial charge in [-0.3, -0.25) is 14.9 Å². The molecule has 3 aromatic carbocycles. The summed E-state index contributed by atoms with van der Waals surface area (Å²) in [5, 5.41) is 14.1. The monoisotopic (exact) mass is 827 g/mol. The molecule has 318 valence electrons. The van der Waals surface area contributed by atoms with E-state index in [2.05, 4.69) is 26.6 Å². The first-order valence-electron chi connectivity index (χ1n) is 19.5. The van der Waals surface area contributed by atoms with E-state index in [4.69, 9.17) is 24.4 Å². The van der Waals surface area contributed by atoms with Gasteiger partial charge in [-0.1, -0.05) is 42.5 Å². The van der Waals surface area contributed by atoms with Gasteiger partial charge in [0.05, 0.1) is 6.61 Å². The highest BCUT2D eigenvalue weighted by atomic mass is 16.6. The molecule has 1 aliphatic heterocycles. The van der Waals surface area contributed by atoms with E-state index < -0.39 is 59.8 Å². The molecule has 0 spiro atoms. The van der Waals surface area contributed by atoms with E-state index in [1.165, 1.54) is 17.0 Å². The highest BCUT2D eigenvalue weighted by Crippen LogP contribution is 2.24. The summed E-state index contributed by atoms with van der Waals surface area (Å²) < 4.78 is 21.1. The Morgan fingerprint density at radius 2 is 1.47 bits per heavy atom. The maximum Gasteiger partial charge on any atom is 0.411 e. The molecule has 0 radical (unpaired) electrons. The zero-order valence-electron chi connectivity index (χ0n) is 33.3. The molecule has 4 aromatic rings. The molecular weight excluding hydrogens is 778 g/mol. The first kappa shape index (κ1) is 44.0. The van der Waals surface area contributed by atoms with Crippen molar-refractivity contribution < 1.29 is 47.4 Å². The van der Waals surface area contributed by atoms with Gasteiger partial charge in [-0.15, -0.1) is 0 Å². The summed E-state index contributed by atoms with van der Waals surface area (Å²) in [7, 11) is 0. The molecule has 0 aliphatic carbocycles. The molecule has 7 amide bonds. The van der Waals surface area contributed by atoms with E-state index in [9.17, 15) is 33.6 Å². The number of hydrogen-bond acceptors (Lipinski definition) is 11. The van der Waals surface area contributed by atoms with Crippen LogP contribution in [0.3, 0.4) is 0 Å². The number of anilines is 2. The van der Waals surface area contributed by atoms with Gasteiger partial charge in [0, 0.05) is 48.5 Å². The zero-order chi connectivity index (χ0) is 43.0. The molecule has 18 heteroatoms. The summed E-state index contributed by atoms with van der Waals surface area (Å²) in [5.74, 6) is -1.63. The van der Waals surface area contributed by atoms with E-state index >= 15 is 0 Å². The lowest BCUT2D eigenvalue weighted by molar-refractivity contribution is -0.129. The van der Waals surface area contributed by atoms with Crippen molar-refractivity contribution in [1.29, 1.82) is 0 Å². The lowest BCUT2D eigenvalue weighted by atomic mass is 9.88. The van der Waals surface area contributed by atoms with Gasteiger partial charge in [0.15, 0.2) is 0 Å². The van der Waals surface area contributed by atoms with Crippen LogP contribution in [0.1, 0.15) is 49.3 Å². The zero-order valence-corrected chi connectivity index (χ0v) is 33.3. The summed E-state index contributed by atoms with van der Waals surface area (Å²) in [4.78, 5) is 90.3. The number of rotatable bonds is 16. The van der Waals surface area contributed by atoms with Crippen LogP contribution in [0.5, 0.6) is 0 Å². The molecule has 5 rings (SSSR count). The summed E-state index contributed by atoms with van der Waals surface area (Å²) >= 11 is 0. The Hall–Kier alpha value is -7.11. The van der Waals surface area contributed by atoms with Gasteiger partial charge in [-0.2, -0.15) is 0 Å². The molecule has 1 fully saturated rings. The van der Waals surface area contributed by atoms with Crippen LogP contribution in [0.15, 0.2) is 88.1 Å². The van der Waals surface area contributed by atoms with Crippen LogP contribution in [-0.2, 0) is 37.0 Å². The fourth-order valence-corrected chi connectivity index (χ4v) is 6.59. The van der Waals surface area contributed by atoms with Gasteiger partial charge >= 0.3 is 29.9 Å². The molecule has 1 saturated heterocycles. The summed E-state index contributed by atoms with van der Waals surface area (Å²) in [6.45, 7) is 4.27. The van der Waals surface area contributed by atoms with Gasteiger partial charge in [0.25, 0.3) is 0 Å². The van der Waals surface area contributed by atoms with Crippen LogP contribution in [-0.4, -0.2) is 79.3 Å². The predicted octanol–water partition coefficient (Wildman–Crippen LogP) is 4.89. The van der Waals surface area contributed by atoms with E-state index in [-0.39, 0.29) is 52.3 Å². The van der Waals surface area contributed by atoms with Crippen molar-refractivity contribution in [2.24, 2.45) is 11.7 Å². The molecule has 7 N–H and O–H groups in total. The smallest absolute Gasteiger partial charge is 0.411 e. The Balaban J connectivity index is 1.21. The molecule has 18 nitrogen and oxygen atoms in total. The van der Waals surface area contributed by atoms with Crippen LogP contribution in [0.2, 0.25) is 0 Å². The number of aryl methyl sites for hydroxylation is 1. The van der Waals surface area contributed by atoms with Crippen molar-refractivity contribution >= 4 is 58.5 Å². The molecule has 60 heavy (non-hydrogen) atoms. The molecular formula is C42H49N7O11. The second-order valence-electron chi connectivity index (χ2n) is 14.0. The normalized spacial score (nSPS) is 13.6. The number of nitrogens with two attached hydrogens (primary N) is 1. The lowest BCUT2D eigenvalue weighted by Crippen LogP contribution is -2.57. The van der Waals surface area contributed by atoms with Gasteiger partial charge < -0.3 is 50.5 Å². The van der Waals surface area contributed by atoms with Crippen molar-refractivity contribution in [3.63, 3.8) is 0 Å². The summed E-state index contributed by atoms with van der Waals surface area (Å²) in [6, 6.07) is 18.8. The average Bonchev–Trinajstić information content (AvgIpc) is 3.23. The molecule has 2 heterocycles. The van der Waals surface area contributed by atoms with Crippen molar-refractivity contribution in [2.45, 2.75) is 64.8 Å². The lowest BCUT2D eigenvalue weighted by Gasteiger charge is -2.35. The molecule has 1 aromatic heterocycles. The van der Waals surface area contributed by atoms with Crippen LogP contribution in [0.25, 0.3) is 11.0 Å². The number of hydrogen-bond donors (Lipinski definition) is 6. The van der Waals surface area contributed by atoms with Gasteiger partial charge in [-0.05, 0) is 86.4 Å². The molecule has 0 bridgehead atoms. The molecule has 1 aliphatic rings. The number of alkyl carbamates (subject to hydrolysis) is 1. The van der Waals surface area contributed by atoms with Crippen molar-refractivity contribution in [3.8, 4) is 0 Å². The van der Waals surface area contributed by atoms with Crippen LogP contribution in [0, 0.1) is 12.8 Å². The quantitative estimate of drug-likeness (QED) is 0.0504. The highest BCUT2D eigenvalue weighted by Gasteiger charge is 2.36. The van der Waals surface area contributed by atoms with E-state index in [0.717, 1.165) is 16.5 Å². The van der Waals surface area contributed by atoms with E-state index in [0.29, 0.717) is 35.4 Å². The minimum atomic E-state index is -1.13. The van der Waals surface area contributed by atoms with Crippen LogP contribution < -0.4 is 37.9 Å². The second kappa shape index (κ2) is 21.6. The van der Waals surface area contributed by atoms with Gasteiger partial charge in [0.2, 0.25) is 11.8 Å². The SMILES string of the molecule is CCOC(=O)N1CCC([C@H](NC(=O)OCc2ccccc2)C(=O)N[C@@H](CCCNC(N)=O)C(=O)Nc2ccc(COC(=O)Nc3ccc4c(C)cc(=O)oc4c3)cc2)CC1. The topological polar surface area (TPSA) is 250 Å². The fourth-order valence-electron chi connectivity index (χ4n) is 6.59. The maximum atomic E-state index is 14.0. The number of nitrogens with one attached hydrogen (secondary N) is 5. The van der Waals surface area contributed by atoms with Crippen LogP contribution in [0.4, 0.5) is 30.6 Å². The Labute approximate surface area is 345 Å². The number of likely N-dealkylation sites (tertiary alicyclic amines) is 1. The fraction of sp³-hybridized carbons (Fsp3) is 0.357. The van der Waals surface area contributed by atoms with E-state index in [1.54, 1.807) is 74.5 Å². The Kier molecular flexibility index (Phi) is 15.8. The number of carbonyl (C=O) groups is 6.